The molecule has 1 aliphatic heterocycles. The summed E-state index contributed by atoms with van der Waals surface area (Å²) in [5.74, 6) is -0.0230. The Labute approximate surface area is 110 Å². The highest BCUT2D eigenvalue weighted by atomic mass is 16.4. The minimum absolute atomic E-state index is 0.330. The van der Waals surface area contributed by atoms with Crippen molar-refractivity contribution >= 4 is 22.6 Å². The molecule has 0 spiro atoms. The van der Waals surface area contributed by atoms with Gasteiger partial charge in [0.1, 0.15) is 5.82 Å². The number of anilines is 1. The number of rotatable bonds is 2. The van der Waals surface area contributed by atoms with Crippen LogP contribution in [0, 0.1) is 0 Å². The van der Waals surface area contributed by atoms with E-state index < -0.39 is 5.97 Å². The number of benzene rings is 1. The first-order chi connectivity index (χ1) is 9.27. The van der Waals surface area contributed by atoms with Gasteiger partial charge in [0.05, 0.1) is 5.56 Å². The van der Waals surface area contributed by atoms with Crippen LogP contribution in [0.15, 0.2) is 30.5 Å². The van der Waals surface area contributed by atoms with Crippen LogP contribution >= 0.6 is 0 Å². The summed E-state index contributed by atoms with van der Waals surface area (Å²) in [7, 11) is 0. The van der Waals surface area contributed by atoms with E-state index in [0.29, 0.717) is 5.56 Å². The van der Waals surface area contributed by atoms with Gasteiger partial charge in [0.25, 0.3) is 0 Å². The quantitative estimate of drug-likeness (QED) is 0.850. The first-order valence-corrected chi connectivity index (χ1v) is 6.34. The molecule has 98 valence electrons. The number of aromatic carboxylic acids is 1. The maximum Gasteiger partial charge on any atom is 0.336 e. The van der Waals surface area contributed by atoms with Crippen LogP contribution in [0.25, 0.3) is 10.8 Å². The van der Waals surface area contributed by atoms with Crippen molar-refractivity contribution in [1.29, 1.82) is 0 Å². The third kappa shape index (κ3) is 2.13. The molecule has 5 heteroatoms. The fourth-order valence-electron chi connectivity index (χ4n) is 2.51. The van der Waals surface area contributed by atoms with Crippen LogP contribution in [-0.4, -0.2) is 42.2 Å². The second-order valence-electron chi connectivity index (χ2n) is 4.58. The number of nitrogens with one attached hydrogen (secondary N) is 1. The van der Waals surface area contributed by atoms with Gasteiger partial charge in [-0.25, -0.2) is 9.78 Å². The zero-order valence-electron chi connectivity index (χ0n) is 10.5. The number of nitrogens with zero attached hydrogens (tertiary/aromatic N) is 2. The Morgan fingerprint density at radius 3 is 2.74 bits per heavy atom. The smallest absolute Gasteiger partial charge is 0.336 e. The molecule has 0 atom stereocenters. The number of fused-ring (bicyclic) bond motifs is 1. The zero-order chi connectivity index (χ0) is 13.2. The Morgan fingerprint density at radius 1 is 1.21 bits per heavy atom. The van der Waals surface area contributed by atoms with Gasteiger partial charge in [-0.15, -0.1) is 0 Å². The number of piperazine rings is 1. The average Bonchev–Trinajstić information content (AvgIpc) is 2.46. The second kappa shape index (κ2) is 4.85. The highest BCUT2D eigenvalue weighted by Crippen LogP contribution is 2.27. The maximum atomic E-state index is 11.3. The van der Waals surface area contributed by atoms with Gasteiger partial charge in [-0.3, -0.25) is 0 Å². The van der Waals surface area contributed by atoms with E-state index >= 15 is 0 Å². The summed E-state index contributed by atoms with van der Waals surface area (Å²) >= 11 is 0. The molecule has 1 fully saturated rings. The van der Waals surface area contributed by atoms with Crippen molar-refractivity contribution in [3.8, 4) is 0 Å². The molecule has 2 N–H and O–H groups in total. The number of carbonyl (C=O) groups is 1. The molecule has 5 nitrogen and oxygen atoms in total. The van der Waals surface area contributed by atoms with Crippen molar-refractivity contribution < 1.29 is 9.90 Å². The Bertz CT molecular complexity index is 621. The second-order valence-corrected chi connectivity index (χ2v) is 4.58. The van der Waals surface area contributed by atoms with Crippen molar-refractivity contribution in [1.82, 2.24) is 10.3 Å². The van der Waals surface area contributed by atoms with Crippen molar-refractivity contribution in [2.75, 3.05) is 31.1 Å². The number of carboxylic acid groups (broad SMARTS) is 1. The highest BCUT2D eigenvalue weighted by Gasteiger charge is 2.16. The van der Waals surface area contributed by atoms with Gasteiger partial charge in [0.15, 0.2) is 0 Å². The monoisotopic (exact) mass is 257 g/mol. The minimum Gasteiger partial charge on any atom is -0.478 e. The predicted octanol–water partition coefficient (Wildman–Crippen LogP) is 1.34. The SMILES string of the molecule is O=C(O)c1cccc2c(N3CCNCC3)nccc12. The fraction of sp³-hybridized carbons (Fsp3) is 0.286. The Morgan fingerprint density at radius 2 is 2.00 bits per heavy atom. The van der Waals surface area contributed by atoms with Crippen LogP contribution in [0.4, 0.5) is 5.82 Å². The summed E-state index contributed by atoms with van der Waals surface area (Å²) < 4.78 is 0. The van der Waals surface area contributed by atoms with Crippen molar-refractivity contribution in [3.05, 3.63) is 36.0 Å². The van der Waals surface area contributed by atoms with Crippen molar-refractivity contribution in [2.45, 2.75) is 0 Å². The molecule has 1 aromatic heterocycles. The van der Waals surface area contributed by atoms with E-state index in [1.54, 1.807) is 24.4 Å². The Hall–Kier alpha value is -2.14. The molecule has 3 rings (SSSR count). The Balaban J connectivity index is 2.15. The van der Waals surface area contributed by atoms with E-state index in [-0.39, 0.29) is 0 Å². The van der Waals surface area contributed by atoms with Gasteiger partial charge < -0.3 is 15.3 Å². The van der Waals surface area contributed by atoms with Gasteiger partial charge in [-0.2, -0.15) is 0 Å². The molecule has 0 aliphatic carbocycles. The van der Waals surface area contributed by atoms with Crippen LogP contribution in [0.3, 0.4) is 0 Å². The fourth-order valence-corrected chi connectivity index (χ4v) is 2.51. The van der Waals surface area contributed by atoms with E-state index in [0.717, 1.165) is 42.8 Å². The lowest BCUT2D eigenvalue weighted by Crippen LogP contribution is -2.44. The van der Waals surface area contributed by atoms with Gasteiger partial charge in [0.2, 0.25) is 0 Å². The predicted molar refractivity (Wildman–Crippen MR) is 73.8 cm³/mol. The van der Waals surface area contributed by atoms with Crippen molar-refractivity contribution in [3.63, 3.8) is 0 Å². The molecule has 0 radical (unpaired) electrons. The van der Waals surface area contributed by atoms with E-state index in [1.165, 1.54) is 0 Å². The van der Waals surface area contributed by atoms with Gasteiger partial charge in [-0.1, -0.05) is 12.1 Å². The normalized spacial score (nSPS) is 15.7. The first kappa shape index (κ1) is 11.9. The summed E-state index contributed by atoms with van der Waals surface area (Å²) in [6, 6.07) is 7.11. The van der Waals surface area contributed by atoms with Crippen LogP contribution in [-0.2, 0) is 0 Å². The van der Waals surface area contributed by atoms with Crippen LogP contribution in [0.2, 0.25) is 0 Å². The molecule has 0 bridgehead atoms. The number of aromatic nitrogens is 1. The molecule has 2 heterocycles. The van der Waals surface area contributed by atoms with E-state index in [1.807, 2.05) is 6.07 Å². The average molecular weight is 257 g/mol. The molecular formula is C14H15N3O2. The summed E-state index contributed by atoms with van der Waals surface area (Å²) in [5, 5.41) is 14.2. The van der Waals surface area contributed by atoms with E-state index in [2.05, 4.69) is 15.2 Å². The van der Waals surface area contributed by atoms with Crippen LogP contribution in [0.1, 0.15) is 10.4 Å². The molecule has 2 aromatic rings. The summed E-state index contributed by atoms with van der Waals surface area (Å²) in [4.78, 5) is 17.9. The summed E-state index contributed by atoms with van der Waals surface area (Å²) in [6.07, 6.45) is 1.69. The largest absolute Gasteiger partial charge is 0.478 e. The number of carboxylic acids is 1. The lowest BCUT2D eigenvalue weighted by Gasteiger charge is -2.29. The molecule has 0 amide bonds. The first-order valence-electron chi connectivity index (χ1n) is 6.34. The third-order valence-corrected chi connectivity index (χ3v) is 3.43. The van der Waals surface area contributed by atoms with E-state index in [9.17, 15) is 9.90 Å². The van der Waals surface area contributed by atoms with Gasteiger partial charge in [-0.05, 0) is 12.1 Å². The minimum atomic E-state index is -0.900. The number of hydrogen-bond acceptors (Lipinski definition) is 4. The van der Waals surface area contributed by atoms with Gasteiger partial charge in [0, 0.05) is 43.1 Å². The molecule has 19 heavy (non-hydrogen) atoms. The van der Waals surface area contributed by atoms with Crippen molar-refractivity contribution in [2.24, 2.45) is 0 Å². The topological polar surface area (TPSA) is 65.5 Å². The summed E-state index contributed by atoms with van der Waals surface area (Å²) in [6.45, 7) is 3.64. The standard InChI is InChI=1S/C14H15N3O2/c18-14(19)12-3-1-2-11-10(12)4-5-16-13(11)17-8-6-15-7-9-17/h1-5,15H,6-9H2,(H,18,19). The van der Waals surface area contributed by atoms with E-state index in [4.69, 9.17) is 0 Å². The third-order valence-electron chi connectivity index (χ3n) is 3.43. The number of pyridine rings is 1. The lowest BCUT2D eigenvalue weighted by molar-refractivity contribution is 0.0699. The molecule has 1 aliphatic rings. The summed E-state index contributed by atoms with van der Waals surface area (Å²) in [5.41, 5.74) is 0.330. The zero-order valence-corrected chi connectivity index (χ0v) is 10.5. The van der Waals surface area contributed by atoms with Crippen LogP contribution in [0.5, 0.6) is 0 Å². The Kier molecular flexibility index (Phi) is 3.05. The number of hydrogen-bond donors (Lipinski definition) is 2. The molecule has 0 unspecified atom stereocenters. The molecular weight excluding hydrogens is 242 g/mol. The van der Waals surface area contributed by atoms with Crippen LogP contribution < -0.4 is 10.2 Å². The maximum absolute atomic E-state index is 11.3. The molecule has 1 saturated heterocycles. The molecule has 0 saturated carbocycles. The lowest BCUT2D eigenvalue weighted by atomic mass is 10.1. The van der Waals surface area contributed by atoms with Gasteiger partial charge >= 0.3 is 5.97 Å². The molecule has 1 aromatic carbocycles. The highest BCUT2D eigenvalue weighted by molar-refractivity contribution is 6.06.